The first-order valence-electron chi connectivity index (χ1n) is 13.3. The van der Waals surface area contributed by atoms with E-state index >= 15 is 0 Å². The Bertz CT molecular complexity index is 1250. The van der Waals surface area contributed by atoms with Gasteiger partial charge < -0.3 is 9.84 Å². The highest BCUT2D eigenvalue weighted by molar-refractivity contribution is 7.90. The predicted molar refractivity (Wildman–Crippen MR) is 148 cm³/mol. The number of aliphatic imine (C=N–C) groups is 1. The molecule has 2 aromatic rings. The van der Waals surface area contributed by atoms with Gasteiger partial charge in [-0.3, -0.25) is 4.90 Å². The Labute approximate surface area is 226 Å². The predicted octanol–water partition coefficient (Wildman–Crippen LogP) is 5.05. The lowest BCUT2D eigenvalue weighted by Gasteiger charge is -2.41. The second-order valence-electron chi connectivity index (χ2n) is 11.8. The fourth-order valence-corrected chi connectivity index (χ4v) is 7.40. The molecule has 2 saturated heterocycles. The van der Waals surface area contributed by atoms with Crippen molar-refractivity contribution in [3.05, 3.63) is 71.0 Å². The minimum absolute atomic E-state index is 0.121. The Morgan fingerprint density at radius 1 is 1.11 bits per heavy atom. The lowest BCUT2D eigenvalue weighted by atomic mass is 9.86. The zero-order valence-electron chi connectivity index (χ0n) is 22.9. The summed E-state index contributed by atoms with van der Waals surface area (Å²) in [6.45, 7) is 12.0. The number of benzene rings is 2. The van der Waals surface area contributed by atoms with E-state index in [1.807, 2.05) is 24.3 Å². The van der Waals surface area contributed by atoms with Crippen LogP contribution in [0.5, 0.6) is 0 Å². The maximum atomic E-state index is 14.4. The Morgan fingerprint density at radius 3 is 2.26 bits per heavy atom. The van der Waals surface area contributed by atoms with Gasteiger partial charge in [0, 0.05) is 17.7 Å². The summed E-state index contributed by atoms with van der Waals surface area (Å²) >= 11 is 0. The molecule has 2 aliphatic heterocycles. The molecule has 2 heterocycles. The SMILES string of the molecule is CC1(C)OC(=NC(CCO)c2ccccc2F)NS(=O)(=O)C1c1ccc(C2CCN(C(C)(C)C)CC2)cc1. The van der Waals surface area contributed by atoms with Crippen molar-refractivity contribution in [2.75, 3.05) is 19.7 Å². The molecule has 0 aromatic heterocycles. The summed E-state index contributed by atoms with van der Waals surface area (Å²) < 4.78 is 49.9. The van der Waals surface area contributed by atoms with Gasteiger partial charge in [0.05, 0.1) is 6.04 Å². The molecule has 0 saturated carbocycles. The standard InChI is InChI=1S/C29H40FN3O4S/c1-28(2,3)33-17-14-21(15-18-33)20-10-12-22(13-11-20)26-29(4,5)37-27(32-38(26,35)36)31-25(16-19-34)23-8-6-7-9-24(23)30/h6-13,21,25-26,34H,14-19H2,1-5H3,(H,31,32). The first-order chi connectivity index (χ1) is 17.8. The average Bonchev–Trinajstić information content (AvgIpc) is 2.83. The number of aliphatic hydroxyl groups excluding tert-OH is 1. The number of nitrogens with zero attached hydrogens (tertiary/aromatic N) is 2. The molecule has 7 nitrogen and oxygen atoms in total. The van der Waals surface area contributed by atoms with Crippen LogP contribution in [-0.2, 0) is 14.8 Å². The van der Waals surface area contributed by atoms with E-state index in [2.05, 4.69) is 35.4 Å². The van der Waals surface area contributed by atoms with Crippen LogP contribution in [0.15, 0.2) is 53.5 Å². The number of piperidine rings is 1. The lowest BCUT2D eigenvalue weighted by molar-refractivity contribution is 0.0758. The van der Waals surface area contributed by atoms with Gasteiger partial charge in [0.25, 0.3) is 6.02 Å². The third kappa shape index (κ3) is 6.21. The van der Waals surface area contributed by atoms with E-state index in [0.29, 0.717) is 11.5 Å². The van der Waals surface area contributed by atoms with Crippen molar-refractivity contribution in [3.8, 4) is 0 Å². The number of aliphatic hydroxyl groups is 1. The Balaban J connectivity index is 1.53. The average molecular weight is 546 g/mol. The van der Waals surface area contributed by atoms with E-state index < -0.39 is 32.7 Å². The monoisotopic (exact) mass is 545 g/mol. The van der Waals surface area contributed by atoms with Crippen molar-refractivity contribution in [1.29, 1.82) is 0 Å². The number of sulfonamides is 1. The zero-order chi connectivity index (χ0) is 27.7. The number of likely N-dealkylation sites (tertiary alicyclic amines) is 1. The molecule has 0 bridgehead atoms. The van der Waals surface area contributed by atoms with Gasteiger partial charge in [-0.05, 0) is 90.1 Å². The quantitative estimate of drug-likeness (QED) is 0.530. The summed E-state index contributed by atoms with van der Waals surface area (Å²) in [5, 5.41) is 8.54. The van der Waals surface area contributed by atoms with Crippen LogP contribution in [0.2, 0.25) is 0 Å². The molecule has 9 heteroatoms. The molecule has 2 atom stereocenters. The van der Waals surface area contributed by atoms with Crippen LogP contribution in [0.3, 0.4) is 0 Å². The van der Waals surface area contributed by atoms with E-state index in [1.54, 1.807) is 32.0 Å². The van der Waals surface area contributed by atoms with E-state index in [1.165, 1.54) is 11.6 Å². The van der Waals surface area contributed by atoms with E-state index in [0.717, 1.165) is 25.9 Å². The number of ether oxygens (including phenoxy) is 1. The molecule has 2 fully saturated rings. The van der Waals surface area contributed by atoms with Crippen molar-refractivity contribution < 1.29 is 22.7 Å². The van der Waals surface area contributed by atoms with Crippen LogP contribution in [-0.4, -0.2) is 55.3 Å². The number of nitrogens with one attached hydrogen (secondary N) is 1. The zero-order valence-corrected chi connectivity index (χ0v) is 23.8. The van der Waals surface area contributed by atoms with Crippen LogP contribution in [0.4, 0.5) is 4.39 Å². The van der Waals surface area contributed by atoms with Crippen LogP contribution >= 0.6 is 0 Å². The molecule has 2 aromatic carbocycles. The van der Waals surface area contributed by atoms with Gasteiger partial charge in [-0.2, -0.15) is 0 Å². The van der Waals surface area contributed by atoms with E-state index in [-0.39, 0.29) is 30.2 Å². The van der Waals surface area contributed by atoms with Crippen LogP contribution in [0, 0.1) is 5.82 Å². The fraction of sp³-hybridized carbons (Fsp3) is 0.552. The summed E-state index contributed by atoms with van der Waals surface area (Å²) in [5.74, 6) is -0.0242. The van der Waals surface area contributed by atoms with Gasteiger partial charge in [0.1, 0.15) is 16.7 Å². The first-order valence-corrected chi connectivity index (χ1v) is 14.8. The van der Waals surface area contributed by atoms with Gasteiger partial charge in [-0.1, -0.05) is 42.5 Å². The largest absolute Gasteiger partial charge is 0.457 e. The molecule has 0 amide bonds. The van der Waals surface area contributed by atoms with Gasteiger partial charge >= 0.3 is 0 Å². The Hall–Kier alpha value is -2.49. The maximum absolute atomic E-state index is 14.4. The molecule has 2 aliphatic rings. The summed E-state index contributed by atoms with van der Waals surface area (Å²) in [5.41, 5.74) is 1.15. The smallest absolute Gasteiger partial charge is 0.299 e. The van der Waals surface area contributed by atoms with Crippen molar-refractivity contribution >= 4 is 16.0 Å². The molecular formula is C29H40FN3O4S. The molecule has 2 N–H and O–H groups in total. The third-order valence-electron chi connectivity index (χ3n) is 7.63. The molecule has 38 heavy (non-hydrogen) atoms. The molecule has 0 radical (unpaired) electrons. The highest BCUT2D eigenvalue weighted by Crippen LogP contribution is 2.40. The van der Waals surface area contributed by atoms with Crippen molar-refractivity contribution in [2.24, 2.45) is 4.99 Å². The van der Waals surface area contributed by atoms with Crippen LogP contribution < -0.4 is 4.72 Å². The first kappa shape index (κ1) is 28.5. The number of hydrogen-bond acceptors (Lipinski definition) is 6. The number of hydrogen-bond donors (Lipinski definition) is 2. The molecule has 208 valence electrons. The van der Waals surface area contributed by atoms with Crippen molar-refractivity contribution in [3.63, 3.8) is 0 Å². The lowest BCUT2D eigenvalue weighted by Crippen LogP contribution is -2.53. The normalized spacial score (nSPS) is 24.0. The van der Waals surface area contributed by atoms with E-state index in [4.69, 9.17) is 4.74 Å². The fourth-order valence-electron chi connectivity index (χ4n) is 5.64. The van der Waals surface area contributed by atoms with Gasteiger partial charge in [0.15, 0.2) is 0 Å². The van der Waals surface area contributed by atoms with Crippen molar-refractivity contribution in [1.82, 2.24) is 9.62 Å². The molecular weight excluding hydrogens is 505 g/mol. The molecule has 0 spiro atoms. The van der Waals surface area contributed by atoms with Gasteiger partial charge in [-0.25, -0.2) is 22.5 Å². The number of amidine groups is 1. The number of halogens is 1. The maximum Gasteiger partial charge on any atom is 0.299 e. The topological polar surface area (TPSA) is 91.2 Å². The molecule has 4 rings (SSSR count). The van der Waals surface area contributed by atoms with Gasteiger partial charge in [-0.15, -0.1) is 0 Å². The minimum Gasteiger partial charge on any atom is -0.457 e. The third-order valence-corrected chi connectivity index (χ3v) is 9.54. The summed E-state index contributed by atoms with van der Waals surface area (Å²) in [6.07, 6.45) is 2.27. The highest BCUT2D eigenvalue weighted by Gasteiger charge is 2.48. The second kappa shape index (κ2) is 10.9. The van der Waals surface area contributed by atoms with Crippen LogP contribution in [0.25, 0.3) is 0 Å². The highest BCUT2D eigenvalue weighted by atomic mass is 32.2. The molecule has 0 aliphatic carbocycles. The number of rotatable bonds is 6. The second-order valence-corrected chi connectivity index (χ2v) is 13.6. The summed E-state index contributed by atoms with van der Waals surface area (Å²) in [4.78, 5) is 6.88. The summed E-state index contributed by atoms with van der Waals surface area (Å²) in [6, 6.07) is 13.0. The molecule has 2 unspecified atom stereocenters. The van der Waals surface area contributed by atoms with Crippen LogP contribution in [0.1, 0.15) is 87.8 Å². The Kier molecular flexibility index (Phi) is 8.21. The summed E-state index contributed by atoms with van der Waals surface area (Å²) in [7, 11) is -3.92. The van der Waals surface area contributed by atoms with Crippen molar-refractivity contribution in [2.45, 2.75) is 82.2 Å². The Morgan fingerprint density at radius 2 is 1.71 bits per heavy atom. The minimum atomic E-state index is -3.92. The van der Waals surface area contributed by atoms with E-state index in [9.17, 15) is 17.9 Å². The van der Waals surface area contributed by atoms with Gasteiger partial charge in [0.2, 0.25) is 10.0 Å².